The SMILES string of the molecule is CCCCCCc1c2ccccc2cc2cc3cc4ccccc4cc3cc12. The van der Waals surface area contributed by atoms with Gasteiger partial charge in [0.1, 0.15) is 0 Å². The lowest BCUT2D eigenvalue weighted by Crippen LogP contribution is -1.92. The average Bonchev–Trinajstić information content (AvgIpc) is 2.73. The summed E-state index contributed by atoms with van der Waals surface area (Å²) < 4.78 is 0. The summed E-state index contributed by atoms with van der Waals surface area (Å²) in [6.07, 6.45) is 6.37. The van der Waals surface area contributed by atoms with E-state index in [1.165, 1.54) is 74.3 Å². The Morgan fingerprint density at radius 2 is 1.11 bits per heavy atom. The van der Waals surface area contributed by atoms with Crippen molar-refractivity contribution in [3.63, 3.8) is 0 Å². The third kappa shape index (κ3) is 3.03. The van der Waals surface area contributed by atoms with E-state index in [2.05, 4.69) is 85.8 Å². The highest BCUT2D eigenvalue weighted by Gasteiger charge is 2.09. The molecule has 28 heavy (non-hydrogen) atoms. The van der Waals surface area contributed by atoms with Gasteiger partial charge in [0.15, 0.2) is 0 Å². The summed E-state index contributed by atoms with van der Waals surface area (Å²) in [5.41, 5.74) is 1.53. The van der Waals surface area contributed by atoms with Crippen LogP contribution < -0.4 is 0 Å². The first-order chi connectivity index (χ1) is 13.8. The van der Waals surface area contributed by atoms with Gasteiger partial charge in [-0.3, -0.25) is 0 Å². The Morgan fingerprint density at radius 3 is 1.86 bits per heavy atom. The van der Waals surface area contributed by atoms with Gasteiger partial charge in [0.2, 0.25) is 0 Å². The maximum absolute atomic E-state index is 2.43. The number of rotatable bonds is 5. The minimum absolute atomic E-state index is 1.16. The maximum atomic E-state index is 2.43. The molecule has 0 aromatic heterocycles. The van der Waals surface area contributed by atoms with Gasteiger partial charge in [-0.1, -0.05) is 74.7 Å². The first-order valence-corrected chi connectivity index (χ1v) is 10.6. The van der Waals surface area contributed by atoms with E-state index in [4.69, 9.17) is 0 Å². The van der Waals surface area contributed by atoms with Gasteiger partial charge < -0.3 is 0 Å². The van der Waals surface area contributed by atoms with E-state index in [-0.39, 0.29) is 0 Å². The zero-order valence-corrected chi connectivity index (χ0v) is 16.5. The summed E-state index contributed by atoms with van der Waals surface area (Å²) in [7, 11) is 0. The van der Waals surface area contributed by atoms with Crippen LogP contribution in [0.2, 0.25) is 0 Å². The molecule has 5 aromatic rings. The molecule has 138 valence electrons. The van der Waals surface area contributed by atoms with Crippen molar-refractivity contribution in [1.29, 1.82) is 0 Å². The number of fused-ring (bicyclic) bond motifs is 4. The van der Waals surface area contributed by atoms with Gasteiger partial charge in [0.25, 0.3) is 0 Å². The molecule has 5 rings (SSSR count). The summed E-state index contributed by atoms with van der Waals surface area (Å²) in [6.45, 7) is 2.28. The van der Waals surface area contributed by atoms with Gasteiger partial charge in [0.05, 0.1) is 0 Å². The zero-order chi connectivity index (χ0) is 18.9. The van der Waals surface area contributed by atoms with Gasteiger partial charge >= 0.3 is 0 Å². The molecule has 0 aliphatic heterocycles. The van der Waals surface area contributed by atoms with Crippen molar-refractivity contribution in [2.75, 3.05) is 0 Å². The number of hydrogen-bond acceptors (Lipinski definition) is 0. The molecule has 0 aliphatic rings. The van der Waals surface area contributed by atoms with Crippen molar-refractivity contribution in [3.8, 4) is 0 Å². The van der Waals surface area contributed by atoms with Crippen LogP contribution in [-0.2, 0) is 6.42 Å². The molecule has 0 nitrogen and oxygen atoms in total. The lowest BCUT2D eigenvalue weighted by Gasteiger charge is -2.13. The second kappa shape index (κ2) is 7.28. The molecule has 0 amide bonds. The van der Waals surface area contributed by atoms with Crippen molar-refractivity contribution in [3.05, 3.63) is 84.4 Å². The van der Waals surface area contributed by atoms with Crippen LogP contribution in [0, 0.1) is 0 Å². The topological polar surface area (TPSA) is 0 Å². The van der Waals surface area contributed by atoms with Crippen molar-refractivity contribution >= 4 is 43.1 Å². The number of hydrogen-bond donors (Lipinski definition) is 0. The Kier molecular flexibility index (Phi) is 4.49. The average molecular weight is 363 g/mol. The smallest absolute Gasteiger partial charge is 0.0139 e. The van der Waals surface area contributed by atoms with E-state index in [0.717, 1.165) is 6.42 Å². The summed E-state index contributed by atoms with van der Waals surface area (Å²) in [4.78, 5) is 0. The van der Waals surface area contributed by atoms with Gasteiger partial charge in [-0.2, -0.15) is 0 Å². The quantitative estimate of drug-likeness (QED) is 0.217. The van der Waals surface area contributed by atoms with Crippen LogP contribution in [0.5, 0.6) is 0 Å². The van der Waals surface area contributed by atoms with Crippen LogP contribution in [0.25, 0.3) is 43.1 Å². The fraction of sp³-hybridized carbons (Fsp3) is 0.214. The highest BCUT2D eigenvalue weighted by atomic mass is 14.1. The van der Waals surface area contributed by atoms with Gasteiger partial charge in [-0.25, -0.2) is 0 Å². The number of unbranched alkanes of at least 4 members (excludes halogenated alkanes) is 3. The largest absolute Gasteiger partial charge is 0.0654 e. The third-order valence-corrected chi connectivity index (χ3v) is 6.08. The molecule has 0 heteroatoms. The molecule has 0 bridgehead atoms. The molecule has 0 saturated heterocycles. The summed E-state index contributed by atoms with van der Waals surface area (Å²) in [5, 5.41) is 10.9. The highest BCUT2D eigenvalue weighted by molar-refractivity contribution is 6.10. The van der Waals surface area contributed by atoms with E-state index in [1.807, 2.05) is 0 Å². The van der Waals surface area contributed by atoms with Crippen molar-refractivity contribution < 1.29 is 0 Å². The molecule has 0 unspecified atom stereocenters. The monoisotopic (exact) mass is 362 g/mol. The van der Waals surface area contributed by atoms with Gasteiger partial charge in [0, 0.05) is 0 Å². The molecule has 5 aromatic carbocycles. The molecule has 0 spiro atoms. The summed E-state index contributed by atoms with van der Waals surface area (Å²) >= 11 is 0. The molecule has 0 fully saturated rings. The maximum Gasteiger partial charge on any atom is -0.0139 e. The minimum atomic E-state index is 1.16. The van der Waals surface area contributed by atoms with Crippen LogP contribution in [0.1, 0.15) is 38.2 Å². The third-order valence-electron chi connectivity index (χ3n) is 6.08. The van der Waals surface area contributed by atoms with Crippen LogP contribution >= 0.6 is 0 Å². The van der Waals surface area contributed by atoms with E-state index < -0.39 is 0 Å². The van der Waals surface area contributed by atoms with Crippen LogP contribution in [0.4, 0.5) is 0 Å². The Balaban J connectivity index is 1.76. The second-order valence-corrected chi connectivity index (χ2v) is 8.01. The molecule has 0 radical (unpaired) electrons. The van der Waals surface area contributed by atoms with Gasteiger partial charge in [-0.15, -0.1) is 0 Å². The normalized spacial score (nSPS) is 11.8. The van der Waals surface area contributed by atoms with Crippen molar-refractivity contribution in [2.24, 2.45) is 0 Å². The van der Waals surface area contributed by atoms with Crippen LogP contribution in [0.15, 0.2) is 78.9 Å². The van der Waals surface area contributed by atoms with E-state index in [0.29, 0.717) is 0 Å². The first-order valence-electron chi connectivity index (χ1n) is 10.6. The summed E-state index contributed by atoms with van der Waals surface area (Å²) in [5.74, 6) is 0. The molecule has 0 atom stereocenters. The van der Waals surface area contributed by atoms with E-state index in [9.17, 15) is 0 Å². The van der Waals surface area contributed by atoms with Crippen molar-refractivity contribution in [1.82, 2.24) is 0 Å². The molecule has 0 heterocycles. The Hall–Kier alpha value is -2.86. The molecular weight excluding hydrogens is 336 g/mol. The second-order valence-electron chi connectivity index (χ2n) is 8.01. The fourth-order valence-corrected chi connectivity index (χ4v) is 4.60. The highest BCUT2D eigenvalue weighted by Crippen LogP contribution is 2.34. The Bertz CT molecular complexity index is 1290. The van der Waals surface area contributed by atoms with Crippen LogP contribution in [0.3, 0.4) is 0 Å². The predicted molar refractivity (Wildman–Crippen MR) is 124 cm³/mol. The Morgan fingerprint density at radius 1 is 0.500 bits per heavy atom. The molecular formula is C28H26. The molecule has 0 N–H and O–H groups in total. The predicted octanol–water partition coefficient (Wildman–Crippen LogP) is 8.42. The lowest BCUT2D eigenvalue weighted by atomic mass is 9.91. The summed E-state index contributed by atoms with van der Waals surface area (Å²) in [6, 6.07) is 29.4. The zero-order valence-electron chi connectivity index (χ0n) is 16.5. The van der Waals surface area contributed by atoms with E-state index in [1.54, 1.807) is 0 Å². The van der Waals surface area contributed by atoms with Crippen molar-refractivity contribution in [2.45, 2.75) is 39.0 Å². The minimum Gasteiger partial charge on any atom is -0.0654 e. The standard InChI is InChI=1S/C28H26/c1-2-3-4-5-14-27-26-13-9-8-12-22(26)17-25-18-23-15-20-10-6-7-11-21(20)16-24(23)19-28(25)27/h6-13,15-19H,2-5,14H2,1H3. The fourth-order valence-electron chi connectivity index (χ4n) is 4.60. The molecule has 0 aliphatic carbocycles. The number of aryl methyl sites for hydroxylation is 1. The molecule has 0 saturated carbocycles. The van der Waals surface area contributed by atoms with Gasteiger partial charge in [-0.05, 0) is 91.8 Å². The van der Waals surface area contributed by atoms with E-state index >= 15 is 0 Å². The van der Waals surface area contributed by atoms with Crippen LogP contribution in [-0.4, -0.2) is 0 Å². The number of benzene rings is 5. The first kappa shape index (κ1) is 17.3. The lowest BCUT2D eigenvalue weighted by molar-refractivity contribution is 0.669. The Labute approximate surface area is 166 Å².